The van der Waals surface area contributed by atoms with Gasteiger partial charge >= 0.3 is 6.61 Å². The summed E-state index contributed by atoms with van der Waals surface area (Å²) in [6.07, 6.45) is 0. The number of hydrogen-bond acceptors (Lipinski definition) is 8. The predicted molar refractivity (Wildman–Crippen MR) is 117 cm³/mol. The first-order valence-electron chi connectivity index (χ1n) is 9.73. The van der Waals surface area contributed by atoms with Crippen LogP contribution in [0.2, 0.25) is 0 Å². The van der Waals surface area contributed by atoms with Gasteiger partial charge in [0.1, 0.15) is 11.5 Å². The number of aryl methyl sites for hydroxylation is 2. The first-order chi connectivity index (χ1) is 15.9. The molecule has 33 heavy (non-hydrogen) atoms. The molecule has 4 rings (SSSR count). The Hall–Kier alpha value is -3.86. The van der Waals surface area contributed by atoms with E-state index >= 15 is 0 Å². The van der Waals surface area contributed by atoms with Crippen molar-refractivity contribution in [1.82, 2.24) is 15.1 Å². The van der Waals surface area contributed by atoms with Crippen LogP contribution in [0.5, 0.6) is 11.5 Å². The van der Waals surface area contributed by atoms with E-state index in [1.807, 2.05) is 6.92 Å². The van der Waals surface area contributed by atoms with Gasteiger partial charge in [-0.3, -0.25) is 10.1 Å². The quantitative estimate of drug-likeness (QED) is 0.374. The highest BCUT2D eigenvalue weighted by Gasteiger charge is 2.14. The lowest BCUT2D eigenvalue weighted by atomic mass is 10.1. The van der Waals surface area contributed by atoms with Crippen molar-refractivity contribution in [3.8, 4) is 22.8 Å². The fourth-order valence-corrected chi connectivity index (χ4v) is 3.76. The summed E-state index contributed by atoms with van der Waals surface area (Å²) >= 11 is 1.32. The number of anilines is 1. The lowest BCUT2D eigenvalue weighted by Gasteiger charge is -2.05. The van der Waals surface area contributed by atoms with Gasteiger partial charge in [0.25, 0.3) is 5.91 Å². The van der Waals surface area contributed by atoms with Gasteiger partial charge in [0, 0.05) is 22.9 Å². The second-order valence-corrected chi connectivity index (χ2v) is 8.03. The Balaban J connectivity index is 1.38. The van der Waals surface area contributed by atoms with E-state index in [2.05, 4.69) is 25.2 Å². The Morgan fingerprint density at radius 3 is 2.39 bits per heavy atom. The van der Waals surface area contributed by atoms with Crippen molar-refractivity contribution in [3.63, 3.8) is 0 Å². The van der Waals surface area contributed by atoms with Crippen LogP contribution < -0.4 is 14.8 Å². The lowest BCUT2D eigenvalue weighted by molar-refractivity contribution is -0.0498. The van der Waals surface area contributed by atoms with E-state index < -0.39 is 6.61 Å². The third-order valence-corrected chi connectivity index (χ3v) is 5.31. The maximum absolute atomic E-state index is 12.6. The number of nitrogens with zero attached hydrogens (tertiary/aromatic N) is 3. The Kier molecular flexibility index (Phi) is 6.59. The standard InChI is InChI=1S/C22H18F2N4O4S/c1-12-19(14-3-9-17(10-4-14)31-21(23)24)26-22(33-12)27-20(29)15-5-7-16(8-6-15)30-11-18-25-13(2)32-28-18/h3-10,21H,11H2,1-2H3,(H,26,27,29). The Bertz CT molecular complexity index is 1240. The molecule has 0 radical (unpaired) electrons. The van der Waals surface area contributed by atoms with Gasteiger partial charge in [-0.1, -0.05) is 5.16 Å². The highest BCUT2D eigenvalue weighted by molar-refractivity contribution is 7.16. The average molecular weight is 472 g/mol. The summed E-state index contributed by atoms with van der Waals surface area (Å²) in [6, 6.07) is 12.8. The predicted octanol–water partition coefficient (Wildman–Crippen LogP) is 5.24. The van der Waals surface area contributed by atoms with Gasteiger partial charge in [0.15, 0.2) is 11.7 Å². The van der Waals surface area contributed by atoms with Crippen LogP contribution >= 0.6 is 11.3 Å². The number of thiazole rings is 1. The van der Waals surface area contributed by atoms with Crippen LogP contribution in [0.4, 0.5) is 13.9 Å². The van der Waals surface area contributed by atoms with Crippen LogP contribution in [0.25, 0.3) is 11.3 Å². The van der Waals surface area contributed by atoms with Gasteiger partial charge in [-0.2, -0.15) is 13.8 Å². The van der Waals surface area contributed by atoms with Gasteiger partial charge in [0.05, 0.1) is 5.69 Å². The van der Waals surface area contributed by atoms with E-state index in [-0.39, 0.29) is 18.3 Å². The molecule has 8 nitrogen and oxygen atoms in total. The second kappa shape index (κ2) is 9.74. The molecule has 0 saturated heterocycles. The fourth-order valence-electron chi connectivity index (χ4n) is 2.93. The van der Waals surface area contributed by atoms with Gasteiger partial charge in [-0.05, 0) is 55.5 Å². The van der Waals surface area contributed by atoms with Crippen molar-refractivity contribution >= 4 is 22.4 Å². The van der Waals surface area contributed by atoms with Crippen LogP contribution in [0, 0.1) is 13.8 Å². The zero-order chi connectivity index (χ0) is 23.4. The molecule has 4 aromatic rings. The molecule has 0 fully saturated rings. The minimum Gasteiger partial charge on any atom is -0.485 e. The number of hydrogen-bond donors (Lipinski definition) is 1. The molecular weight excluding hydrogens is 454 g/mol. The fraction of sp³-hybridized carbons (Fsp3) is 0.182. The van der Waals surface area contributed by atoms with Gasteiger partial charge < -0.3 is 14.0 Å². The Morgan fingerprint density at radius 1 is 1.06 bits per heavy atom. The lowest BCUT2D eigenvalue weighted by Crippen LogP contribution is -2.11. The summed E-state index contributed by atoms with van der Waals surface area (Å²) in [5.41, 5.74) is 1.81. The van der Waals surface area contributed by atoms with Crippen LogP contribution in [0.3, 0.4) is 0 Å². The average Bonchev–Trinajstić information content (AvgIpc) is 3.37. The van der Waals surface area contributed by atoms with E-state index in [4.69, 9.17) is 9.26 Å². The molecule has 11 heteroatoms. The van der Waals surface area contributed by atoms with E-state index in [9.17, 15) is 13.6 Å². The summed E-state index contributed by atoms with van der Waals surface area (Å²) in [5.74, 6) is 1.19. The number of halogens is 2. The van der Waals surface area contributed by atoms with Crippen LogP contribution in [0.1, 0.15) is 27.0 Å². The molecule has 0 atom stereocenters. The minimum atomic E-state index is -2.88. The van der Waals surface area contributed by atoms with Crippen LogP contribution in [-0.2, 0) is 6.61 Å². The molecule has 0 spiro atoms. The maximum atomic E-state index is 12.6. The molecule has 170 valence electrons. The number of alkyl halides is 2. The summed E-state index contributed by atoms with van der Waals surface area (Å²) < 4.78 is 39.5. The first-order valence-corrected chi connectivity index (χ1v) is 10.5. The van der Waals surface area contributed by atoms with Crippen molar-refractivity contribution in [3.05, 3.63) is 70.7 Å². The minimum absolute atomic E-state index is 0.0648. The van der Waals surface area contributed by atoms with Gasteiger partial charge in [0.2, 0.25) is 11.7 Å². The third kappa shape index (κ3) is 5.69. The van der Waals surface area contributed by atoms with Gasteiger partial charge in [-0.15, -0.1) is 11.3 Å². The molecular formula is C22H18F2N4O4S. The monoisotopic (exact) mass is 472 g/mol. The van der Waals surface area contributed by atoms with Crippen molar-refractivity contribution in [2.75, 3.05) is 5.32 Å². The molecule has 0 bridgehead atoms. The Labute approximate surface area is 191 Å². The number of carbonyl (C=O) groups is 1. The van der Waals surface area contributed by atoms with Crippen LogP contribution in [0.15, 0.2) is 53.1 Å². The van der Waals surface area contributed by atoms with Gasteiger partial charge in [-0.25, -0.2) is 4.98 Å². The molecule has 0 aliphatic heterocycles. The molecule has 2 aromatic carbocycles. The van der Waals surface area contributed by atoms with Crippen molar-refractivity contribution in [2.24, 2.45) is 0 Å². The number of aromatic nitrogens is 3. The maximum Gasteiger partial charge on any atom is 0.387 e. The first kappa shape index (κ1) is 22.3. The number of ether oxygens (including phenoxy) is 2. The van der Waals surface area contributed by atoms with Crippen LogP contribution in [-0.4, -0.2) is 27.6 Å². The summed E-state index contributed by atoms with van der Waals surface area (Å²) in [7, 11) is 0. The molecule has 0 aliphatic rings. The molecule has 0 saturated carbocycles. The zero-order valence-electron chi connectivity index (χ0n) is 17.5. The zero-order valence-corrected chi connectivity index (χ0v) is 18.4. The topological polar surface area (TPSA) is 99.4 Å². The van der Waals surface area contributed by atoms with E-state index in [1.165, 1.54) is 23.5 Å². The molecule has 2 heterocycles. The molecule has 2 aromatic heterocycles. The smallest absolute Gasteiger partial charge is 0.387 e. The molecule has 1 N–H and O–H groups in total. The highest BCUT2D eigenvalue weighted by Crippen LogP contribution is 2.32. The number of nitrogens with one attached hydrogen (secondary N) is 1. The Morgan fingerprint density at radius 2 is 1.76 bits per heavy atom. The number of carbonyl (C=O) groups excluding carboxylic acids is 1. The number of amides is 1. The summed E-state index contributed by atoms with van der Waals surface area (Å²) in [5, 5.41) is 6.96. The van der Waals surface area contributed by atoms with E-state index in [1.54, 1.807) is 43.3 Å². The second-order valence-electron chi connectivity index (χ2n) is 6.82. The highest BCUT2D eigenvalue weighted by atomic mass is 32.1. The SMILES string of the molecule is Cc1nc(COc2ccc(C(=O)Nc3nc(-c4ccc(OC(F)F)cc4)c(C)s3)cc2)no1. The summed E-state index contributed by atoms with van der Waals surface area (Å²) in [6.45, 7) is 0.829. The van der Waals surface area contributed by atoms with E-state index in [0.29, 0.717) is 33.9 Å². The van der Waals surface area contributed by atoms with Crippen molar-refractivity contribution in [2.45, 2.75) is 27.1 Å². The van der Waals surface area contributed by atoms with Crippen molar-refractivity contribution in [1.29, 1.82) is 0 Å². The largest absolute Gasteiger partial charge is 0.485 e. The van der Waals surface area contributed by atoms with Crippen molar-refractivity contribution < 1.29 is 27.6 Å². The number of rotatable bonds is 8. The molecule has 0 unspecified atom stereocenters. The number of benzene rings is 2. The molecule has 1 amide bonds. The molecule has 0 aliphatic carbocycles. The third-order valence-electron chi connectivity index (χ3n) is 4.42. The normalized spacial score (nSPS) is 10.9. The van der Waals surface area contributed by atoms with E-state index in [0.717, 1.165) is 10.4 Å². The summed E-state index contributed by atoms with van der Waals surface area (Å²) in [4.78, 5) is 22.0.